The monoisotopic (exact) mass is 477 g/mol. The summed E-state index contributed by atoms with van der Waals surface area (Å²) in [6.45, 7) is 5.13. The quantitative estimate of drug-likeness (QED) is 0.445. The average Bonchev–Trinajstić information content (AvgIpc) is 3.20. The molecule has 0 spiro atoms. The number of anilines is 1. The first-order chi connectivity index (χ1) is 16.6. The Morgan fingerprint density at radius 3 is 2.53 bits per heavy atom. The molecule has 3 N–H and O–H groups in total. The Hall–Kier alpha value is -2.96. The minimum absolute atomic E-state index is 0.114. The third kappa shape index (κ3) is 5.75. The molecular weight excluding hydrogens is 444 g/mol. The zero-order valence-electron chi connectivity index (χ0n) is 19.9. The molecule has 1 heterocycles. The number of thiophene rings is 1. The van der Waals surface area contributed by atoms with Crippen LogP contribution in [0.3, 0.4) is 0 Å². The van der Waals surface area contributed by atoms with E-state index in [0.717, 1.165) is 43.4 Å². The molecule has 0 fully saturated rings. The van der Waals surface area contributed by atoms with Gasteiger partial charge < -0.3 is 15.4 Å². The number of ether oxygens (including phenoxy) is 1. The molecule has 6 heteroatoms. The van der Waals surface area contributed by atoms with Crippen molar-refractivity contribution in [2.24, 2.45) is 5.92 Å². The van der Waals surface area contributed by atoms with E-state index in [9.17, 15) is 9.59 Å². The Morgan fingerprint density at radius 2 is 1.82 bits per heavy atom. The molecule has 0 radical (unpaired) electrons. The van der Waals surface area contributed by atoms with Gasteiger partial charge in [0.2, 0.25) is 0 Å². The van der Waals surface area contributed by atoms with E-state index in [1.54, 1.807) is 0 Å². The van der Waals surface area contributed by atoms with E-state index in [1.165, 1.54) is 21.8 Å². The van der Waals surface area contributed by atoms with Crippen LogP contribution in [0, 0.1) is 5.92 Å². The molecule has 4 rings (SSSR count). The van der Waals surface area contributed by atoms with Crippen LogP contribution >= 0.6 is 11.3 Å². The highest BCUT2D eigenvalue weighted by molar-refractivity contribution is 7.17. The minimum Gasteiger partial charge on any atom is -0.462 e. The van der Waals surface area contributed by atoms with Gasteiger partial charge in [-0.3, -0.25) is 4.79 Å². The van der Waals surface area contributed by atoms with Crippen molar-refractivity contribution in [1.29, 1.82) is 0 Å². The maximum atomic E-state index is 13.6. The second-order valence-electron chi connectivity index (χ2n) is 8.91. The van der Waals surface area contributed by atoms with Crippen LogP contribution < -0.4 is 10.6 Å². The van der Waals surface area contributed by atoms with Gasteiger partial charge in [-0.2, -0.15) is 0 Å². The Balaban J connectivity index is 1.56. The molecule has 0 bridgehead atoms. The first-order valence-electron chi connectivity index (χ1n) is 12.1. The molecule has 1 amide bonds. The molecule has 1 aliphatic rings. The zero-order chi connectivity index (χ0) is 23.9. The van der Waals surface area contributed by atoms with Gasteiger partial charge in [-0.25, -0.2) is 4.79 Å². The fraction of sp³-hybridized carbons (Fsp3) is 0.357. The van der Waals surface area contributed by atoms with E-state index >= 15 is 0 Å². The Kier molecular flexibility index (Phi) is 8.14. The first kappa shape index (κ1) is 24.2. The molecule has 2 atom stereocenters. The molecule has 3 aromatic rings. The lowest BCUT2D eigenvalue weighted by Gasteiger charge is -2.18. The van der Waals surface area contributed by atoms with Gasteiger partial charge in [-0.15, -0.1) is 11.3 Å². The van der Waals surface area contributed by atoms with Gasteiger partial charge in [0.1, 0.15) is 5.00 Å². The predicted octanol–water partition coefficient (Wildman–Crippen LogP) is 4.54. The van der Waals surface area contributed by atoms with Crippen LogP contribution in [0.1, 0.15) is 58.2 Å². The maximum Gasteiger partial charge on any atom is 0.341 e. The third-order valence-electron chi connectivity index (χ3n) is 6.35. The first-order valence-corrected chi connectivity index (χ1v) is 12.9. The molecule has 1 aliphatic carbocycles. The number of benzene rings is 2. The van der Waals surface area contributed by atoms with Gasteiger partial charge in [-0.05, 0) is 43.2 Å². The van der Waals surface area contributed by atoms with E-state index in [1.807, 2.05) is 55.5 Å². The van der Waals surface area contributed by atoms with Crippen molar-refractivity contribution in [3.63, 3.8) is 0 Å². The summed E-state index contributed by atoms with van der Waals surface area (Å²) in [5.41, 5.74) is 3.80. The number of esters is 1. The molecule has 5 nitrogen and oxygen atoms in total. The van der Waals surface area contributed by atoms with Crippen LogP contribution in [0.15, 0.2) is 60.7 Å². The summed E-state index contributed by atoms with van der Waals surface area (Å²) in [5, 5.41) is 5.82. The van der Waals surface area contributed by atoms with Crippen molar-refractivity contribution in [3.05, 3.63) is 87.8 Å². The fourth-order valence-corrected chi connectivity index (χ4v) is 5.97. The number of rotatable bonds is 9. The van der Waals surface area contributed by atoms with Crippen LogP contribution in [-0.4, -0.2) is 25.0 Å². The van der Waals surface area contributed by atoms with E-state index in [0.29, 0.717) is 23.1 Å². The number of quaternary nitrogens is 1. The number of hydrogen-bond donors (Lipinski definition) is 2. The largest absolute Gasteiger partial charge is 0.462 e. The second kappa shape index (κ2) is 11.4. The lowest BCUT2D eigenvalue weighted by molar-refractivity contribution is -0.682. The van der Waals surface area contributed by atoms with E-state index in [2.05, 4.69) is 29.7 Å². The molecule has 34 heavy (non-hydrogen) atoms. The van der Waals surface area contributed by atoms with E-state index in [4.69, 9.17) is 4.74 Å². The number of nitrogens with one attached hydrogen (secondary N) is 1. The topological polar surface area (TPSA) is 72.0 Å². The number of amides is 1. The molecule has 0 saturated carbocycles. The lowest BCUT2D eigenvalue weighted by Crippen LogP contribution is -2.87. The summed E-state index contributed by atoms with van der Waals surface area (Å²) < 4.78 is 5.37. The molecule has 0 aliphatic heterocycles. The van der Waals surface area contributed by atoms with Crippen molar-refractivity contribution in [1.82, 2.24) is 0 Å². The number of carbonyl (C=O) groups excluding carboxylic acids is 2. The zero-order valence-corrected chi connectivity index (χ0v) is 20.7. The molecule has 178 valence electrons. The summed E-state index contributed by atoms with van der Waals surface area (Å²) in [6.07, 6.45) is 3.70. The second-order valence-corrected chi connectivity index (χ2v) is 10.0. The Bertz CT molecular complexity index is 1110. The summed E-state index contributed by atoms with van der Waals surface area (Å²) in [5.74, 6) is 0.124. The standard InChI is InChI=1S/C28H32N2O3S/c1-3-33-28(32)24-22-15-14-19(2)18-23(22)34-27(24)30-26(31)25(21-12-8-5-9-13-21)29-17-16-20-10-6-4-7-11-20/h4-13,19,25,29H,3,14-18H2,1-2H3,(H,30,31)/p+1/t19-,25+/m0/s1. The van der Waals surface area contributed by atoms with Crippen LogP contribution in [0.2, 0.25) is 0 Å². The van der Waals surface area contributed by atoms with Gasteiger partial charge >= 0.3 is 5.97 Å². The third-order valence-corrected chi connectivity index (χ3v) is 7.52. The summed E-state index contributed by atoms with van der Waals surface area (Å²) in [4.78, 5) is 27.6. The molecule has 2 aromatic carbocycles. The smallest absolute Gasteiger partial charge is 0.341 e. The summed E-state index contributed by atoms with van der Waals surface area (Å²) in [6, 6.07) is 19.7. The van der Waals surface area contributed by atoms with Crippen molar-refractivity contribution in [3.8, 4) is 0 Å². The molecule has 1 aromatic heterocycles. The lowest BCUT2D eigenvalue weighted by atomic mass is 9.88. The molecular formula is C28H33N2O3S+. The fourth-order valence-electron chi connectivity index (χ4n) is 4.56. The van der Waals surface area contributed by atoms with Crippen molar-refractivity contribution >= 4 is 28.2 Å². The molecule has 0 unspecified atom stereocenters. The van der Waals surface area contributed by atoms with Gasteiger partial charge in [0.05, 0.1) is 18.7 Å². The summed E-state index contributed by atoms with van der Waals surface area (Å²) >= 11 is 1.53. The number of nitrogens with two attached hydrogens (primary N) is 1. The van der Waals surface area contributed by atoms with Crippen LogP contribution in [0.5, 0.6) is 0 Å². The highest BCUT2D eigenvalue weighted by Gasteiger charge is 2.31. The number of fused-ring (bicyclic) bond motifs is 1. The normalized spacial score (nSPS) is 15.9. The summed E-state index contributed by atoms with van der Waals surface area (Å²) in [7, 11) is 0. The van der Waals surface area contributed by atoms with Gasteiger partial charge in [-0.1, -0.05) is 67.6 Å². The minimum atomic E-state index is -0.405. The van der Waals surface area contributed by atoms with Crippen molar-refractivity contribution < 1.29 is 19.6 Å². The predicted molar refractivity (Wildman–Crippen MR) is 136 cm³/mol. The average molecular weight is 478 g/mol. The Labute approximate surface area is 205 Å². The highest BCUT2D eigenvalue weighted by Crippen LogP contribution is 2.40. The van der Waals surface area contributed by atoms with Gasteiger partial charge in [0.25, 0.3) is 5.91 Å². The van der Waals surface area contributed by atoms with Crippen molar-refractivity contribution in [2.75, 3.05) is 18.5 Å². The molecule has 0 saturated heterocycles. The van der Waals surface area contributed by atoms with Crippen LogP contribution in [-0.2, 0) is 28.8 Å². The maximum absolute atomic E-state index is 13.6. The van der Waals surface area contributed by atoms with Crippen LogP contribution in [0.4, 0.5) is 5.00 Å². The van der Waals surface area contributed by atoms with E-state index in [-0.39, 0.29) is 11.9 Å². The SMILES string of the molecule is CCOC(=O)c1c(NC(=O)[C@H]([NH2+]CCc2ccccc2)c2ccccc2)sc2c1CC[C@H](C)C2. The number of carbonyl (C=O) groups is 2. The van der Waals surface area contributed by atoms with Crippen LogP contribution in [0.25, 0.3) is 0 Å². The van der Waals surface area contributed by atoms with Gasteiger partial charge in [0, 0.05) is 16.9 Å². The Morgan fingerprint density at radius 1 is 1.12 bits per heavy atom. The highest BCUT2D eigenvalue weighted by atomic mass is 32.1. The van der Waals surface area contributed by atoms with Gasteiger partial charge in [0.15, 0.2) is 6.04 Å². The van der Waals surface area contributed by atoms with E-state index < -0.39 is 6.04 Å². The van der Waals surface area contributed by atoms with Crippen molar-refractivity contribution in [2.45, 2.75) is 45.6 Å². The number of hydrogen-bond acceptors (Lipinski definition) is 4.